The van der Waals surface area contributed by atoms with Crippen molar-refractivity contribution in [2.75, 3.05) is 65.4 Å². The third kappa shape index (κ3) is 4.71. The fourth-order valence-corrected chi connectivity index (χ4v) is 4.24. The smallest absolute Gasteiger partial charge is 0.242 e. The van der Waals surface area contributed by atoms with Gasteiger partial charge in [0.1, 0.15) is 0 Å². The molecular weight excluding hydrogens is 318 g/mol. The van der Waals surface area contributed by atoms with Gasteiger partial charge in [-0.3, -0.25) is 19.4 Å². The standard InChI is InChI=1S/C18H33N5O2/c1-15-3-4-16(2)23(15)12-9-20-7-10-21(11-8-20)18(25)14-22-6-5-19-13-17(22)24/h15-16,19H,3-14H2,1-2H3/t15-,16+. The summed E-state index contributed by atoms with van der Waals surface area (Å²) in [6.07, 6.45) is 2.63. The fraction of sp³-hybridized carbons (Fsp3) is 0.889. The number of nitrogens with one attached hydrogen (secondary N) is 1. The summed E-state index contributed by atoms with van der Waals surface area (Å²) in [6, 6.07) is 1.41. The van der Waals surface area contributed by atoms with Gasteiger partial charge in [-0.25, -0.2) is 0 Å². The summed E-state index contributed by atoms with van der Waals surface area (Å²) in [7, 11) is 0. The minimum Gasteiger partial charge on any atom is -0.339 e. The van der Waals surface area contributed by atoms with E-state index in [1.165, 1.54) is 12.8 Å². The van der Waals surface area contributed by atoms with Crippen LogP contribution >= 0.6 is 0 Å². The summed E-state index contributed by atoms with van der Waals surface area (Å²) < 4.78 is 0. The number of nitrogens with zero attached hydrogens (tertiary/aromatic N) is 4. The number of hydrogen-bond donors (Lipinski definition) is 1. The fourth-order valence-electron chi connectivity index (χ4n) is 4.24. The lowest BCUT2D eigenvalue weighted by Gasteiger charge is -2.37. The summed E-state index contributed by atoms with van der Waals surface area (Å²) in [4.78, 5) is 33.0. The molecule has 3 heterocycles. The van der Waals surface area contributed by atoms with Crippen LogP contribution in [0.15, 0.2) is 0 Å². The van der Waals surface area contributed by atoms with Crippen molar-refractivity contribution in [3.63, 3.8) is 0 Å². The first-order valence-electron chi connectivity index (χ1n) is 9.79. The van der Waals surface area contributed by atoms with Crippen LogP contribution in [0.2, 0.25) is 0 Å². The van der Waals surface area contributed by atoms with Crippen LogP contribution in [0, 0.1) is 0 Å². The van der Waals surface area contributed by atoms with Crippen LogP contribution in [0.4, 0.5) is 0 Å². The Morgan fingerprint density at radius 3 is 2.36 bits per heavy atom. The van der Waals surface area contributed by atoms with Crippen LogP contribution in [0.3, 0.4) is 0 Å². The van der Waals surface area contributed by atoms with Crippen molar-refractivity contribution >= 4 is 11.8 Å². The zero-order valence-corrected chi connectivity index (χ0v) is 15.7. The maximum Gasteiger partial charge on any atom is 0.242 e. The van der Waals surface area contributed by atoms with E-state index >= 15 is 0 Å². The summed E-state index contributed by atoms with van der Waals surface area (Å²) in [5.74, 6) is 0.128. The molecule has 0 saturated carbocycles. The second kappa shape index (κ2) is 8.47. The predicted molar refractivity (Wildman–Crippen MR) is 97.3 cm³/mol. The van der Waals surface area contributed by atoms with Crippen molar-refractivity contribution < 1.29 is 9.59 Å². The van der Waals surface area contributed by atoms with E-state index in [1.807, 2.05) is 4.90 Å². The minimum absolute atomic E-state index is 0.0343. The van der Waals surface area contributed by atoms with Crippen molar-refractivity contribution in [1.82, 2.24) is 24.9 Å². The van der Waals surface area contributed by atoms with Gasteiger partial charge >= 0.3 is 0 Å². The first-order valence-corrected chi connectivity index (χ1v) is 9.79. The van der Waals surface area contributed by atoms with Crippen molar-refractivity contribution in [2.24, 2.45) is 0 Å². The molecule has 25 heavy (non-hydrogen) atoms. The quantitative estimate of drug-likeness (QED) is 0.719. The molecule has 3 saturated heterocycles. The second-order valence-corrected chi connectivity index (χ2v) is 7.73. The van der Waals surface area contributed by atoms with Crippen LogP contribution in [0.5, 0.6) is 0 Å². The van der Waals surface area contributed by atoms with Gasteiger partial charge in [0, 0.05) is 64.4 Å². The van der Waals surface area contributed by atoms with Crippen LogP contribution < -0.4 is 5.32 Å². The average molecular weight is 351 g/mol. The molecule has 0 bridgehead atoms. The van der Waals surface area contributed by atoms with Crippen molar-refractivity contribution in [2.45, 2.75) is 38.8 Å². The van der Waals surface area contributed by atoms with Crippen LogP contribution in [0.25, 0.3) is 0 Å². The molecule has 0 unspecified atom stereocenters. The molecule has 7 heteroatoms. The van der Waals surface area contributed by atoms with E-state index < -0.39 is 0 Å². The van der Waals surface area contributed by atoms with E-state index in [2.05, 4.69) is 29.0 Å². The van der Waals surface area contributed by atoms with E-state index in [0.717, 1.165) is 45.8 Å². The lowest BCUT2D eigenvalue weighted by molar-refractivity contribution is -0.142. The number of amides is 2. The molecule has 1 N–H and O–H groups in total. The highest BCUT2D eigenvalue weighted by Crippen LogP contribution is 2.22. The lowest BCUT2D eigenvalue weighted by Crippen LogP contribution is -2.55. The minimum atomic E-state index is 0.0343. The Morgan fingerprint density at radius 2 is 1.72 bits per heavy atom. The number of likely N-dealkylation sites (tertiary alicyclic amines) is 1. The molecule has 3 rings (SSSR count). The Morgan fingerprint density at radius 1 is 1.04 bits per heavy atom. The molecule has 142 valence electrons. The molecule has 0 aromatic rings. The van der Waals surface area contributed by atoms with Crippen molar-refractivity contribution in [3.05, 3.63) is 0 Å². The zero-order valence-electron chi connectivity index (χ0n) is 15.7. The number of piperazine rings is 2. The Bertz CT molecular complexity index is 468. The molecule has 0 aromatic heterocycles. The molecule has 0 spiro atoms. The SMILES string of the molecule is C[C@@H]1CC[C@H](C)N1CCN1CCN(C(=O)CN2CCNCC2=O)CC1. The number of hydrogen-bond acceptors (Lipinski definition) is 5. The van der Waals surface area contributed by atoms with Gasteiger partial charge in [-0.05, 0) is 26.7 Å². The highest BCUT2D eigenvalue weighted by molar-refractivity contribution is 5.86. The Labute approximate surface area is 151 Å². The third-order valence-corrected chi connectivity index (χ3v) is 6.05. The maximum atomic E-state index is 12.5. The number of carbonyl (C=O) groups is 2. The molecule has 2 amide bonds. The highest BCUT2D eigenvalue weighted by atomic mass is 16.2. The van der Waals surface area contributed by atoms with Gasteiger partial charge in [0.25, 0.3) is 0 Å². The van der Waals surface area contributed by atoms with Gasteiger partial charge in [0.15, 0.2) is 0 Å². The third-order valence-electron chi connectivity index (χ3n) is 6.05. The van der Waals surface area contributed by atoms with Crippen molar-refractivity contribution in [1.29, 1.82) is 0 Å². The molecule has 3 fully saturated rings. The Hall–Kier alpha value is -1.18. The molecule has 0 radical (unpaired) electrons. The zero-order chi connectivity index (χ0) is 17.8. The van der Waals surface area contributed by atoms with Gasteiger partial charge in [-0.1, -0.05) is 0 Å². The maximum absolute atomic E-state index is 12.5. The molecule has 3 aliphatic heterocycles. The molecule has 0 aliphatic carbocycles. The van der Waals surface area contributed by atoms with E-state index in [4.69, 9.17) is 0 Å². The average Bonchev–Trinajstić information content (AvgIpc) is 2.93. The van der Waals surface area contributed by atoms with Gasteiger partial charge in [0.2, 0.25) is 11.8 Å². The predicted octanol–water partition coefficient (Wildman–Crippen LogP) is -0.565. The first-order chi connectivity index (χ1) is 12.0. The Kier molecular flexibility index (Phi) is 6.30. The molecule has 3 aliphatic rings. The van der Waals surface area contributed by atoms with Gasteiger partial charge in [0.05, 0.1) is 13.1 Å². The van der Waals surface area contributed by atoms with E-state index in [0.29, 0.717) is 25.2 Å². The molecule has 0 aromatic carbocycles. The van der Waals surface area contributed by atoms with Gasteiger partial charge < -0.3 is 15.1 Å². The van der Waals surface area contributed by atoms with E-state index in [-0.39, 0.29) is 18.4 Å². The van der Waals surface area contributed by atoms with E-state index in [9.17, 15) is 9.59 Å². The van der Waals surface area contributed by atoms with Gasteiger partial charge in [-0.2, -0.15) is 0 Å². The number of rotatable bonds is 5. The second-order valence-electron chi connectivity index (χ2n) is 7.73. The van der Waals surface area contributed by atoms with E-state index in [1.54, 1.807) is 4.90 Å². The lowest BCUT2D eigenvalue weighted by atomic mass is 10.2. The summed E-state index contributed by atoms with van der Waals surface area (Å²) in [5.41, 5.74) is 0. The molecule has 7 nitrogen and oxygen atoms in total. The molecular formula is C18H33N5O2. The van der Waals surface area contributed by atoms with Crippen molar-refractivity contribution in [3.8, 4) is 0 Å². The van der Waals surface area contributed by atoms with Crippen LogP contribution in [-0.2, 0) is 9.59 Å². The normalized spacial score (nSPS) is 29.4. The summed E-state index contributed by atoms with van der Waals surface area (Å²) in [5, 5.41) is 3.04. The monoisotopic (exact) mass is 351 g/mol. The highest BCUT2D eigenvalue weighted by Gasteiger charge is 2.29. The topological polar surface area (TPSA) is 59.1 Å². The Balaban J connectivity index is 1.38. The van der Waals surface area contributed by atoms with Crippen LogP contribution in [0.1, 0.15) is 26.7 Å². The summed E-state index contributed by atoms with van der Waals surface area (Å²) >= 11 is 0. The summed E-state index contributed by atoms with van der Waals surface area (Å²) in [6.45, 7) is 12.3. The van der Waals surface area contributed by atoms with Gasteiger partial charge in [-0.15, -0.1) is 0 Å². The largest absolute Gasteiger partial charge is 0.339 e. The number of carbonyl (C=O) groups excluding carboxylic acids is 2. The molecule has 2 atom stereocenters. The van der Waals surface area contributed by atoms with Crippen LogP contribution in [-0.4, -0.2) is 109 Å². The first kappa shape index (κ1) is 18.6.